The van der Waals surface area contributed by atoms with Crippen LogP contribution >= 0.6 is 24.0 Å². The molecule has 1 amide bonds. The number of nitrogens with zero attached hydrogens (tertiary/aromatic N) is 1. The smallest absolute Gasteiger partial charge is 0.504 e. The number of benzene rings is 1. The fraction of sp³-hybridized carbons (Fsp3) is 0.167. The van der Waals surface area contributed by atoms with Crippen molar-refractivity contribution < 1.29 is 27.8 Å². The number of rotatable bonds is 3. The van der Waals surface area contributed by atoms with Gasteiger partial charge in [-0.25, -0.2) is 4.98 Å². The minimum atomic E-state index is -4.98. The number of carbonyl (C=O) groups is 1. The van der Waals surface area contributed by atoms with Crippen molar-refractivity contribution in [2.75, 3.05) is 5.32 Å². The summed E-state index contributed by atoms with van der Waals surface area (Å²) in [5, 5.41) is 12.2. The molecule has 0 radical (unpaired) electrons. The molecule has 2 N–H and O–H groups in total. The quantitative estimate of drug-likeness (QED) is 0.740. The van der Waals surface area contributed by atoms with Crippen LogP contribution < -0.4 is 10.1 Å². The lowest BCUT2D eigenvalue weighted by molar-refractivity contribution is -0.275. The number of hydrogen-bond donors (Lipinski definition) is 3. The summed E-state index contributed by atoms with van der Waals surface area (Å²) in [6, 6.07) is 1.84. The van der Waals surface area contributed by atoms with Crippen LogP contribution in [-0.2, 0) is 0 Å². The maximum atomic E-state index is 12.3. The molecule has 118 valence electrons. The molecule has 22 heavy (non-hydrogen) atoms. The second-order valence-electron chi connectivity index (χ2n) is 4.14. The molecule has 0 bridgehead atoms. The van der Waals surface area contributed by atoms with E-state index in [1.807, 2.05) is 0 Å². The van der Waals surface area contributed by atoms with Gasteiger partial charge in [-0.05, 0) is 24.6 Å². The van der Waals surface area contributed by atoms with Gasteiger partial charge in [0.05, 0.1) is 10.4 Å². The Balaban J connectivity index is 2.29. The molecule has 0 spiro atoms. The molecule has 0 saturated carbocycles. The van der Waals surface area contributed by atoms with Crippen molar-refractivity contribution >= 4 is 35.0 Å². The number of thiol groups is 1. The van der Waals surface area contributed by atoms with E-state index in [4.69, 9.17) is 0 Å². The molecule has 0 aliphatic rings. The van der Waals surface area contributed by atoms with E-state index in [0.29, 0.717) is 4.21 Å². The van der Waals surface area contributed by atoms with Gasteiger partial charge in [0.1, 0.15) is 0 Å². The fourth-order valence-electron chi connectivity index (χ4n) is 1.61. The first kappa shape index (κ1) is 16.4. The Morgan fingerprint density at radius 1 is 1.45 bits per heavy atom. The molecule has 0 aliphatic heterocycles. The number of phenolic OH excluding ortho intramolecular Hbond substituents is 1. The zero-order chi connectivity index (χ0) is 16.5. The van der Waals surface area contributed by atoms with Crippen LogP contribution in [0.4, 0.5) is 18.3 Å². The Hall–Kier alpha value is -1.94. The van der Waals surface area contributed by atoms with Gasteiger partial charge >= 0.3 is 6.36 Å². The second kappa shape index (κ2) is 6.05. The normalized spacial score (nSPS) is 11.3. The van der Waals surface area contributed by atoms with Crippen LogP contribution in [0.1, 0.15) is 15.9 Å². The van der Waals surface area contributed by atoms with Gasteiger partial charge < -0.3 is 9.84 Å². The van der Waals surface area contributed by atoms with E-state index in [2.05, 4.69) is 27.7 Å². The minimum Gasteiger partial charge on any atom is -0.504 e. The topological polar surface area (TPSA) is 71.5 Å². The Morgan fingerprint density at radius 3 is 2.68 bits per heavy atom. The number of carbonyl (C=O) groups excluding carboxylic acids is 1. The van der Waals surface area contributed by atoms with Gasteiger partial charge in [-0.3, -0.25) is 10.1 Å². The van der Waals surface area contributed by atoms with Crippen molar-refractivity contribution in [2.24, 2.45) is 0 Å². The lowest BCUT2D eigenvalue weighted by atomic mass is 10.1. The third-order valence-electron chi connectivity index (χ3n) is 2.49. The van der Waals surface area contributed by atoms with Gasteiger partial charge in [0.25, 0.3) is 5.91 Å². The first-order chi connectivity index (χ1) is 10.2. The number of aromatic hydroxyl groups is 1. The number of halogens is 3. The van der Waals surface area contributed by atoms with Crippen LogP contribution in [0, 0.1) is 6.92 Å². The Labute approximate surface area is 132 Å². The highest BCUT2D eigenvalue weighted by molar-refractivity contribution is 7.83. The van der Waals surface area contributed by atoms with Crippen molar-refractivity contribution in [3.8, 4) is 11.5 Å². The number of hydrogen-bond acceptors (Lipinski definition) is 6. The number of phenols is 1. The molecule has 2 aromatic rings. The van der Waals surface area contributed by atoms with Crippen LogP contribution in [0.25, 0.3) is 0 Å². The summed E-state index contributed by atoms with van der Waals surface area (Å²) in [7, 11) is 0. The van der Waals surface area contributed by atoms with Gasteiger partial charge in [0.15, 0.2) is 16.6 Å². The maximum absolute atomic E-state index is 12.3. The monoisotopic (exact) mass is 350 g/mol. The van der Waals surface area contributed by atoms with Gasteiger partial charge in [0.2, 0.25) is 0 Å². The number of ether oxygens (including phenoxy) is 1. The van der Waals surface area contributed by atoms with Crippen LogP contribution in [-0.4, -0.2) is 22.4 Å². The lowest BCUT2D eigenvalue weighted by Crippen LogP contribution is -2.18. The van der Waals surface area contributed by atoms with E-state index >= 15 is 0 Å². The molecule has 1 aromatic heterocycles. The van der Waals surface area contributed by atoms with Crippen molar-refractivity contribution in [1.82, 2.24) is 4.98 Å². The average molecular weight is 350 g/mol. The van der Waals surface area contributed by atoms with Gasteiger partial charge in [-0.2, -0.15) is 0 Å². The number of thiazole rings is 1. The predicted molar refractivity (Wildman–Crippen MR) is 76.8 cm³/mol. The highest BCUT2D eigenvalue weighted by atomic mass is 32.2. The highest BCUT2D eigenvalue weighted by Gasteiger charge is 2.33. The van der Waals surface area contributed by atoms with E-state index in [0.717, 1.165) is 23.5 Å². The number of amides is 1. The summed E-state index contributed by atoms with van der Waals surface area (Å²) in [6.07, 6.45) is -3.55. The van der Waals surface area contributed by atoms with Crippen molar-refractivity contribution in [1.29, 1.82) is 0 Å². The molecule has 5 nitrogen and oxygen atoms in total. The third kappa shape index (κ3) is 4.04. The molecule has 0 fully saturated rings. The Morgan fingerprint density at radius 2 is 2.14 bits per heavy atom. The summed E-state index contributed by atoms with van der Waals surface area (Å²) < 4.78 is 41.0. The standard InChI is InChI=1S/C12H9F3N2O3S2/c1-5-2-7(18)8(20-12(13,14)15)3-6(5)10(19)17-11-16-4-9(21)22-11/h2-4,18,21H,1H3,(H,16,17,19). The first-order valence-electron chi connectivity index (χ1n) is 5.71. The van der Waals surface area contributed by atoms with Crippen LogP contribution in [0.5, 0.6) is 11.5 Å². The molecule has 0 aliphatic carbocycles. The van der Waals surface area contributed by atoms with E-state index in [1.165, 1.54) is 13.1 Å². The second-order valence-corrected chi connectivity index (χ2v) is 5.96. The average Bonchev–Trinajstić information content (AvgIpc) is 2.76. The molecule has 1 aromatic carbocycles. The van der Waals surface area contributed by atoms with Gasteiger partial charge in [-0.1, -0.05) is 11.3 Å². The largest absolute Gasteiger partial charge is 0.573 e. The molecule has 0 atom stereocenters. The SMILES string of the molecule is Cc1cc(O)c(OC(F)(F)F)cc1C(=O)Nc1ncc(S)s1. The zero-order valence-corrected chi connectivity index (χ0v) is 12.6. The summed E-state index contributed by atoms with van der Waals surface area (Å²) in [4.78, 5) is 15.9. The molecule has 1 heterocycles. The molecule has 0 unspecified atom stereocenters. The van der Waals surface area contributed by atoms with Crippen molar-refractivity contribution in [2.45, 2.75) is 17.5 Å². The summed E-state index contributed by atoms with van der Waals surface area (Å²) in [5.41, 5.74) is 0.208. The van der Waals surface area contributed by atoms with Crippen LogP contribution in [0.3, 0.4) is 0 Å². The fourth-order valence-corrected chi connectivity index (χ4v) is 2.48. The minimum absolute atomic E-state index is 0.0760. The number of anilines is 1. The van der Waals surface area contributed by atoms with Gasteiger partial charge in [0, 0.05) is 5.56 Å². The highest BCUT2D eigenvalue weighted by Crippen LogP contribution is 2.34. The molecule has 2 rings (SSSR count). The van der Waals surface area contributed by atoms with E-state index in [9.17, 15) is 23.1 Å². The molecular weight excluding hydrogens is 341 g/mol. The predicted octanol–water partition coefficient (Wildman–Crippen LogP) is 3.60. The Bertz CT molecular complexity index is 716. The lowest BCUT2D eigenvalue weighted by Gasteiger charge is -2.13. The molecule has 0 saturated heterocycles. The van der Waals surface area contributed by atoms with Crippen LogP contribution in [0.15, 0.2) is 22.5 Å². The number of alkyl halides is 3. The molecule has 10 heteroatoms. The summed E-state index contributed by atoms with van der Waals surface area (Å²) in [6.45, 7) is 1.47. The van der Waals surface area contributed by atoms with E-state index in [-0.39, 0.29) is 16.3 Å². The summed E-state index contributed by atoms with van der Waals surface area (Å²) >= 11 is 5.13. The third-order valence-corrected chi connectivity index (χ3v) is 3.59. The first-order valence-corrected chi connectivity index (χ1v) is 6.97. The Kier molecular flexibility index (Phi) is 4.52. The van der Waals surface area contributed by atoms with Crippen LogP contribution in [0.2, 0.25) is 0 Å². The molecular formula is C12H9F3N2O3S2. The van der Waals surface area contributed by atoms with E-state index in [1.54, 1.807) is 0 Å². The van der Waals surface area contributed by atoms with E-state index < -0.39 is 23.8 Å². The van der Waals surface area contributed by atoms with Crippen molar-refractivity contribution in [3.05, 3.63) is 29.5 Å². The number of aryl methyl sites for hydroxylation is 1. The number of aromatic nitrogens is 1. The van der Waals surface area contributed by atoms with Gasteiger partial charge in [-0.15, -0.1) is 25.8 Å². The summed E-state index contributed by atoms with van der Waals surface area (Å²) in [5.74, 6) is -2.23. The number of nitrogens with one attached hydrogen (secondary N) is 1. The van der Waals surface area contributed by atoms with Crippen molar-refractivity contribution in [3.63, 3.8) is 0 Å². The maximum Gasteiger partial charge on any atom is 0.573 e. The zero-order valence-electron chi connectivity index (χ0n) is 10.9.